The number of hydrogen-bond donors (Lipinski definition) is 1. The Morgan fingerprint density at radius 3 is 2.56 bits per heavy atom. The van der Waals surface area contributed by atoms with Crippen molar-refractivity contribution in [2.45, 2.75) is 20.0 Å². The van der Waals surface area contributed by atoms with Gasteiger partial charge in [-0.3, -0.25) is 0 Å². The monoisotopic (exact) mass is 239 g/mol. The molecule has 2 aromatic carbocycles. The Balaban J connectivity index is 1.91. The molecule has 2 aromatic rings. The molecule has 1 aliphatic rings. The third-order valence-electron chi connectivity index (χ3n) is 3.25. The lowest BCUT2D eigenvalue weighted by Gasteiger charge is -2.28. The minimum Gasteiger partial charge on any atom is -0.482 e. The van der Waals surface area contributed by atoms with Crippen molar-refractivity contribution in [1.29, 1.82) is 0 Å². The van der Waals surface area contributed by atoms with Crippen molar-refractivity contribution in [2.75, 3.05) is 11.9 Å². The van der Waals surface area contributed by atoms with Crippen LogP contribution in [0.2, 0.25) is 0 Å². The number of fused-ring (bicyclic) bond motifs is 1. The first-order valence-electron chi connectivity index (χ1n) is 6.30. The van der Waals surface area contributed by atoms with Gasteiger partial charge in [0, 0.05) is 0 Å². The maximum Gasteiger partial charge on any atom is 0.143 e. The van der Waals surface area contributed by atoms with E-state index in [1.54, 1.807) is 0 Å². The molecule has 1 aliphatic heterocycles. The molecule has 2 heteroatoms. The van der Waals surface area contributed by atoms with Crippen molar-refractivity contribution < 1.29 is 4.74 Å². The van der Waals surface area contributed by atoms with Crippen LogP contribution in [-0.2, 0) is 0 Å². The molecule has 0 saturated heterocycles. The van der Waals surface area contributed by atoms with Gasteiger partial charge in [0.1, 0.15) is 11.9 Å². The van der Waals surface area contributed by atoms with Gasteiger partial charge in [0.05, 0.1) is 12.2 Å². The molecule has 1 atom stereocenters. The van der Waals surface area contributed by atoms with E-state index in [1.165, 1.54) is 16.7 Å². The van der Waals surface area contributed by atoms with E-state index in [2.05, 4.69) is 37.4 Å². The predicted molar refractivity (Wildman–Crippen MR) is 74.2 cm³/mol. The number of ether oxygens (including phenoxy) is 1. The molecule has 18 heavy (non-hydrogen) atoms. The summed E-state index contributed by atoms with van der Waals surface area (Å²) in [5.74, 6) is 0.938. The number of nitrogens with one attached hydrogen (secondary N) is 1. The molecule has 3 rings (SSSR count). The normalized spacial score (nSPS) is 17.6. The molecule has 1 N–H and O–H groups in total. The highest BCUT2D eigenvalue weighted by atomic mass is 16.5. The van der Waals surface area contributed by atoms with Crippen LogP contribution < -0.4 is 10.1 Å². The van der Waals surface area contributed by atoms with Crippen LogP contribution in [0.4, 0.5) is 5.69 Å². The predicted octanol–water partition coefficient (Wildman–Crippen LogP) is 3.85. The van der Waals surface area contributed by atoms with Crippen molar-refractivity contribution in [3.05, 3.63) is 59.2 Å². The van der Waals surface area contributed by atoms with Crippen LogP contribution in [0.25, 0.3) is 0 Å². The van der Waals surface area contributed by atoms with E-state index in [0.717, 1.165) is 18.0 Å². The van der Waals surface area contributed by atoms with Crippen LogP contribution in [0.5, 0.6) is 5.75 Å². The van der Waals surface area contributed by atoms with Crippen molar-refractivity contribution >= 4 is 5.69 Å². The Hall–Kier alpha value is -1.96. The molecule has 0 aliphatic carbocycles. The van der Waals surface area contributed by atoms with Gasteiger partial charge in [-0.15, -0.1) is 0 Å². The van der Waals surface area contributed by atoms with E-state index in [4.69, 9.17) is 4.74 Å². The zero-order valence-electron chi connectivity index (χ0n) is 10.7. The summed E-state index contributed by atoms with van der Waals surface area (Å²) in [7, 11) is 0. The molecule has 0 fully saturated rings. The minimum atomic E-state index is 0.0958. The van der Waals surface area contributed by atoms with Crippen molar-refractivity contribution in [3.8, 4) is 5.75 Å². The maximum atomic E-state index is 6.07. The highest BCUT2D eigenvalue weighted by molar-refractivity contribution is 5.58. The Labute approximate surface area is 108 Å². The summed E-state index contributed by atoms with van der Waals surface area (Å²) in [5, 5.41) is 3.43. The topological polar surface area (TPSA) is 21.3 Å². The van der Waals surface area contributed by atoms with Crippen LogP contribution in [0.1, 0.15) is 22.8 Å². The molecule has 92 valence electrons. The number of hydrogen-bond acceptors (Lipinski definition) is 2. The van der Waals surface area contributed by atoms with Gasteiger partial charge in [0.2, 0.25) is 0 Å². The molecule has 1 heterocycles. The van der Waals surface area contributed by atoms with Crippen LogP contribution in [-0.4, -0.2) is 6.54 Å². The summed E-state index contributed by atoms with van der Waals surface area (Å²) in [6, 6.07) is 14.7. The number of rotatable bonds is 1. The van der Waals surface area contributed by atoms with E-state index in [-0.39, 0.29) is 6.10 Å². The largest absolute Gasteiger partial charge is 0.482 e. The van der Waals surface area contributed by atoms with Gasteiger partial charge in [0.15, 0.2) is 0 Å². The van der Waals surface area contributed by atoms with Crippen molar-refractivity contribution in [3.63, 3.8) is 0 Å². The Morgan fingerprint density at radius 1 is 1.06 bits per heavy atom. The Bertz CT molecular complexity index is 557. The SMILES string of the molecule is Cc1cc(C)cc(C2CNc3ccccc3O2)c1. The van der Waals surface area contributed by atoms with E-state index >= 15 is 0 Å². The molecule has 0 aromatic heterocycles. The zero-order valence-corrected chi connectivity index (χ0v) is 10.7. The van der Waals surface area contributed by atoms with Crippen LogP contribution in [0, 0.1) is 13.8 Å². The molecule has 0 bridgehead atoms. The highest BCUT2D eigenvalue weighted by Gasteiger charge is 2.20. The van der Waals surface area contributed by atoms with Crippen molar-refractivity contribution in [2.24, 2.45) is 0 Å². The van der Waals surface area contributed by atoms with Crippen LogP contribution in [0.3, 0.4) is 0 Å². The quantitative estimate of drug-likeness (QED) is 0.816. The van der Waals surface area contributed by atoms with Gasteiger partial charge in [0.25, 0.3) is 0 Å². The molecule has 1 unspecified atom stereocenters. The number of aryl methyl sites for hydroxylation is 2. The van der Waals surface area contributed by atoms with Crippen LogP contribution in [0.15, 0.2) is 42.5 Å². The third-order valence-corrected chi connectivity index (χ3v) is 3.25. The van der Waals surface area contributed by atoms with Gasteiger partial charge in [-0.2, -0.15) is 0 Å². The Kier molecular flexibility index (Phi) is 2.71. The smallest absolute Gasteiger partial charge is 0.143 e. The number of benzene rings is 2. The molecule has 2 nitrogen and oxygen atoms in total. The molecule has 0 radical (unpaired) electrons. The van der Waals surface area contributed by atoms with E-state index in [9.17, 15) is 0 Å². The van der Waals surface area contributed by atoms with E-state index in [1.807, 2.05) is 24.3 Å². The lowest BCUT2D eigenvalue weighted by atomic mass is 10.0. The lowest BCUT2D eigenvalue weighted by molar-refractivity contribution is 0.210. The summed E-state index contributed by atoms with van der Waals surface area (Å²) in [6.07, 6.45) is 0.0958. The maximum absolute atomic E-state index is 6.07. The van der Waals surface area contributed by atoms with Gasteiger partial charge in [-0.1, -0.05) is 41.5 Å². The zero-order chi connectivity index (χ0) is 12.5. The fourth-order valence-corrected chi connectivity index (χ4v) is 2.49. The van der Waals surface area contributed by atoms with E-state index in [0.29, 0.717) is 0 Å². The minimum absolute atomic E-state index is 0.0958. The summed E-state index contributed by atoms with van der Waals surface area (Å²) in [5.41, 5.74) is 4.90. The van der Waals surface area contributed by atoms with Crippen LogP contribution >= 0.6 is 0 Å². The summed E-state index contributed by atoms with van der Waals surface area (Å²) in [6.45, 7) is 5.07. The van der Waals surface area contributed by atoms with Gasteiger partial charge in [-0.25, -0.2) is 0 Å². The second kappa shape index (κ2) is 4.37. The lowest BCUT2D eigenvalue weighted by Crippen LogP contribution is -2.23. The van der Waals surface area contributed by atoms with E-state index < -0.39 is 0 Å². The molecule has 0 amide bonds. The van der Waals surface area contributed by atoms with Gasteiger partial charge < -0.3 is 10.1 Å². The first kappa shape index (κ1) is 11.1. The average Bonchev–Trinajstić information content (AvgIpc) is 2.37. The standard InChI is InChI=1S/C16H17NO/c1-11-7-12(2)9-13(8-11)16-10-17-14-5-3-4-6-15(14)18-16/h3-9,16-17H,10H2,1-2H3. The fourth-order valence-electron chi connectivity index (χ4n) is 2.49. The first-order valence-corrected chi connectivity index (χ1v) is 6.30. The number of anilines is 1. The fraction of sp³-hybridized carbons (Fsp3) is 0.250. The molecule has 0 saturated carbocycles. The molecule has 0 spiro atoms. The average molecular weight is 239 g/mol. The Morgan fingerprint density at radius 2 is 1.78 bits per heavy atom. The molecular weight excluding hydrogens is 222 g/mol. The van der Waals surface area contributed by atoms with Gasteiger partial charge >= 0.3 is 0 Å². The third kappa shape index (κ3) is 2.06. The van der Waals surface area contributed by atoms with Crippen molar-refractivity contribution in [1.82, 2.24) is 0 Å². The summed E-state index contributed by atoms with van der Waals surface area (Å²) >= 11 is 0. The second-order valence-corrected chi connectivity index (χ2v) is 4.90. The molecular formula is C16H17NO. The second-order valence-electron chi connectivity index (χ2n) is 4.90. The highest BCUT2D eigenvalue weighted by Crippen LogP contribution is 2.34. The summed E-state index contributed by atoms with van der Waals surface area (Å²) in [4.78, 5) is 0. The van der Waals surface area contributed by atoms with Gasteiger partial charge in [-0.05, 0) is 31.5 Å². The number of para-hydroxylation sites is 2. The summed E-state index contributed by atoms with van der Waals surface area (Å²) < 4.78 is 6.07. The first-order chi connectivity index (χ1) is 8.72.